The van der Waals surface area contributed by atoms with Gasteiger partial charge in [0.1, 0.15) is 6.54 Å². The van der Waals surface area contributed by atoms with Crippen LogP contribution < -0.4 is 0 Å². The summed E-state index contributed by atoms with van der Waals surface area (Å²) in [5, 5.41) is 17.5. The van der Waals surface area contributed by atoms with Gasteiger partial charge in [-0.05, 0) is 0 Å². The van der Waals surface area contributed by atoms with Gasteiger partial charge in [-0.1, -0.05) is 0 Å². The lowest BCUT2D eigenvalue weighted by atomic mass is 10.5. The second-order valence-electron chi connectivity index (χ2n) is 2.48. The summed E-state index contributed by atoms with van der Waals surface area (Å²) in [4.78, 5) is 22.2. The Morgan fingerprint density at radius 1 is 1.54 bits per heavy atom. The zero-order chi connectivity index (χ0) is 9.84. The molecule has 0 unspecified atom stereocenters. The van der Waals surface area contributed by atoms with Crippen molar-refractivity contribution in [3.63, 3.8) is 0 Å². The molecule has 72 valence electrons. The fraction of sp³-hybridized carbons (Fsp3) is 0.429. The molecule has 1 aliphatic rings. The van der Waals surface area contributed by atoms with E-state index in [4.69, 9.17) is 10.2 Å². The molecule has 0 amide bonds. The first-order chi connectivity index (χ1) is 6.09. The number of thioether (sulfide) groups is 1. The SMILES string of the molecule is O=C(O)C=C1SCCN1CC(=O)O. The molecule has 5 nitrogen and oxygen atoms in total. The third kappa shape index (κ3) is 2.98. The largest absolute Gasteiger partial charge is 0.480 e. The lowest BCUT2D eigenvalue weighted by molar-refractivity contribution is -0.138. The van der Waals surface area contributed by atoms with Crippen molar-refractivity contribution in [2.45, 2.75) is 0 Å². The minimum Gasteiger partial charge on any atom is -0.480 e. The summed E-state index contributed by atoms with van der Waals surface area (Å²) in [6.07, 6.45) is 1.04. The van der Waals surface area contributed by atoms with Crippen molar-refractivity contribution >= 4 is 23.7 Å². The molecule has 0 aliphatic carbocycles. The van der Waals surface area contributed by atoms with E-state index in [9.17, 15) is 9.59 Å². The van der Waals surface area contributed by atoms with Crippen LogP contribution in [0, 0.1) is 0 Å². The Labute approximate surface area is 79.0 Å². The molecule has 1 saturated heterocycles. The van der Waals surface area contributed by atoms with E-state index in [1.807, 2.05) is 0 Å². The molecule has 0 saturated carbocycles. The average Bonchev–Trinajstić information content (AvgIpc) is 2.34. The van der Waals surface area contributed by atoms with Crippen molar-refractivity contribution in [1.82, 2.24) is 4.90 Å². The topological polar surface area (TPSA) is 77.8 Å². The minimum absolute atomic E-state index is 0.133. The number of hydrogen-bond donors (Lipinski definition) is 2. The van der Waals surface area contributed by atoms with Crippen LogP contribution in [0.15, 0.2) is 11.1 Å². The Morgan fingerprint density at radius 2 is 2.23 bits per heavy atom. The fourth-order valence-electron chi connectivity index (χ4n) is 1.02. The summed E-state index contributed by atoms with van der Waals surface area (Å²) in [6.45, 7) is 0.461. The molecular formula is C7H9NO4S. The third-order valence-electron chi connectivity index (χ3n) is 1.50. The standard InChI is InChI=1S/C7H9NO4S/c9-6(10)3-5-8(1-2-13-5)4-7(11)12/h3H,1-2,4H2,(H,9,10)(H,11,12). The molecule has 1 fully saturated rings. The summed E-state index contributed by atoms with van der Waals surface area (Å²) in [5.41, 5.74) is 0. The van der Waals surface area contributed by atoms with Gasteiger partial charge in [0.15, 0.2) is 0 Å². The van der Waals surface area contributed by atoms with Gasteiger partial charge in [0.25, 0.3) is 0 Å². The van der Waals surface area contributed by atoms with Crippen molar-refractivity contribution < 1.29 is 19.8 Å². The van der Waals surface area contributed by atoms with Gasteiger partial charge in [0.2, 0.25) is 0 Å². The van der Waals surface area contributed by atoms with Gasteiger partial charge in [0, 0.05) is 12.3 Å². The molecule has 0 radical (unpaired) electrons. The number of carboxylic acids is 2. The Morgan fingerprint density at radius 3 is 2.77 bits per heavy atom. The zero-order valence-electron chi connectivity index (χ0n) is 6.77. The summed E-state index contributed by atoms with van der Waals surface area (Å²) < 4.78 is 0. The number of aliphatic carboxylic acids is 2. The maximum Gasteiger partial charge on any atom is 0.330 e. The molecule has 1 rings (SSSR count). The van der Waals surface area contributed by atoms with E-state index >= 15 is 0 Å². The van der Waals surface area contributed by atoms with Gasteiger partial charge in [-0.3, -0.25) is 4.79 Å². The van der Waals surface area contributed by atoms with Crippen molar-refractivity contribution in [2.24, 2.45) is 0 Å². The van der Waals surface area contributed by atoms with Crippen molar-refractivity contribution in [3.05, 3.63) is 11.1 Å². The molecule has 0 aromatic rings. The summed E-state index contributed by atoms with van der Waals surface area (Å²) in [5.74, 6) is -1.24. The second kappa shape index (κ2) is 4.18. The van der Waals surface area contributed by atoms with Gasteiger partial charge >= 0.3 is 11.9 Å². The summed E-state index contributed by atoms with van der Waals surface area (Å²) in [7, 11) is 0. The number of nitrogens with zero attached hydrogens (tertiary/aromatic N) is 1. The Kier molecular flexibility index (Phi) is 3.18. The average molecular weight is 203 g/mol. The maximum absolute atomic E-state index is 10.4. The van der Waals surface area contributed by atoms with Crippen LogP contribution in [0.5, 0.6) is 0 Å². The van der Waals surface area contributed by atoms with Gasteiger partial charge in [-0.2, -0.15) is 0 Å². The van der Waals surface area contributed by atoms with E-state index in [1.54, 1.807) is 4.90 Å². The van der Waals surface area contributed by atoms with E-state index < -0.39 is 11.9 Å². The van der Waals surface area contributed by atoms with Gasteiger partial charge in [0.05, 0.1) is 11.1 Å². The Hall–Kier alpha value is -1.17. The molecule has 1 aliphatic heterocycles. The van der Waals surface area contributed by atoms with Gasteiger partial charge < -0.3 is 15.1 Å². The smallest absolute Gasteiger partial charge is 0.330 e. The highest BCUT2D eigenvalue weighted by molar-refractivity contribution is 8.03. The van der Waals surface area contributed by atoms with Crippen LogP contribution >= 0.6 is 11.8 Å². The maximum atomic E-state index is 10.4. The van der Waals surface area contributed by atoms with E-state index in [1.165, 1.54) is 11.8 Å². The molecule has 0 aromatic heterocycles. The van der Waals surface area contributed by atoms with Crippen molar-refractivity contribution in [3.8, 4) is 0 Å². The van der Waals surface area contributed by atoms with Crippen LogP contribution in [0.2, 0.25) is 0 Å². The van der Waals surface area contributed by atoms with E-state index in [-0.39, 0.29) is 6.54 Å². The van der Waals surface area contributed by atoms with Gasteiger partial charge in [-0.25, -0.2) is 4.79 Å². The Bertz CT molecular complexity index is 263. The number of hydrogen-bond acceptors (Lipinski definition) is 4. The molecule has 0 atom stereocenters. The molecular weight excluding hydrogens is 194 g/mol. The van der Waals surface area contributed by atoms with E-state index in [2.05, 4.69) is 0 Å². The van der Waals surface area contributed by atoms with Crippen LogP contribution in [-0.4, -0.2) is 45.9 Å². The molecule has 0 bridgehead atoms. The number of carboxylic acid groups (broad SMARTS) is 2. The lowest BCUT2D eigenvalue weighted by Crippen LogP contribution is -2.25. The van der Waals surface area contributed by atoms with Crippen molar-refractivity contribution in [1.29, 1.82) is 0 Å². The summed E-state index contributed by atoms with van der Waals surface area (Å²) >= 11 is 1.36. The first-order valence-corrected chi connectivity index (χ1v) is 4.62. The second-order valence-corrected chi connectivity index (χ2v) is 3.60. The normalized spacial score (nSPS) is 19.4. The highest BCUT2D eigenvalue weighted by atomic mass is 32.2. The molecule has 1 heterocycles. The third-order valence-corrected chi connectivity index (χ3v) is 2.55. The Balaban J connectivity index is 2.63. The first kappa shape index (κ1) is 9.91. The molecule has 0 aromatic carbocycles. The van der Waals surface area contributed by atoms with Crippen LogP contribution in [0.4, 0.5) is 0 Å². The minimum atomic E-state index is -1.04. The van der Waals surface area contributed by atoms with Crippen molar-refractivity contribution in [2.75, 3.05) is 18.8 Å². The predicted octanol–water partition coefficient (Wildman–Crippen LogP) is 0.0458. The molecule has 6 heteroatoms. The van der Waals surface area contributed by atoms with E-state index in [0.29, 0.717) is 11.6 Å². The van der Waals surface area contributed by atoms with Gasteiger partial charge in [-0.15, -0.1) is 11.8 Å². The lowest BCUT2D eigenvalue weighted by Gasteiger charge is -2.14. The highest BCUT2D eigenvalue weighted by Gasteiger charge is 2.20. The molecule has 0 spiro atoms. The van der Waals surface area contributed by atoms with Crippen LogP contribution in [0.25, 0.3) is 0 Å². The van der Waals surface area contributed by atoms with Crippen LogP contribution in [0.3, 0.4) is 0 Å². The van der Waals surface area contributed by atoms with Crippen LogP contribution in [0.1, 0.15) is 0 Å². The fourth-order valence-corrected chi connectivity index (χ4v) is 2.06. The first-order valence-electron chi connectivity index (χ1n) is 3.64. The van der Waals surface area contributed by atoms with E-state index in [0.717, 1.165) is 11.8 Å². The highest BCUT2D eigenvalue weighted by Crippen LogP contribution is 2.26. The quantitative estimate of drug-likeness (QED) is 0.631. The number of carbonyl (C=O) groups is 2. The monoisotopic (exact) mass is 203 g/mol. The molecule has 2 N–H and O–H groups in total. The number of rotatable bonds is 3. The molecule has 13 heavy (non-hydrogen) atoms. The summed E-state index contributed by atoms with van der Waals surface area (Å²) in [6, 6.07) is 0. The predicted molar refractivity (Wildman–Crippen MR) is 47.4 cm³/mol. The zero-order valence-corrected chi connectivity index (χ0v) is 7.58. The van der Waals surface area contributed by atoms with Crippen LogP contribution in [-0.2, 0) is 9.59 Å².